The monoisotopic (exact) mass is 154 g/mol. The summed E-state index contributed by atoms with van der Waals surface area (Å²) in [4.78, 5) is 0. The summed E-state index contributed by atoms with van der Waals surface area (Å²) < 4.78 is 0. The van der Waals surface area contributed by atoms with Gasteiger partial charge in [-0.1, -0.05) is 51.5 Å². The predicted octanol–water partition coefficient (Wildman–Crippen LogP) is 4.19. The minimum Gasteiger partial charge on any atom is -0.0877 e. The minimum atomic E-state index is 0.682. The van der Waals surface area contributed by atoms with Crippen molar-refractivity contribution in [1.82, 2.24) is 0 Å². The van der Waals surface area contributed by atoms with Crippen LogP contribution in [0.2, 0.25) is 0 Å². The number of rotatable bonds is 2. The summed E-state index contributed by atoms with van der Waals surface area (Å²) in [6, 6.07) is 0. The molecule has 0 aromatic rings. The van der Waals surface area contributed by atoms with Crippen LogP contribution in [0.4, 0.5) is 0 Å². The molecular formula is C11H22. The quantitative estimate of drug-likeness (QED) is 0.523. The molecule has 0 heteroatoms. The molecular weight excluding hydrogens is 132 g/mol. The Hall–Kier alpha value is -0.520. The van der Waals surface area contributed by atoms with Gasteiger partial charge in [-0.05, 0) is 19.8 Å². The highest BCUT2D eigenvalue weighted by Crippen LogP contribution is 2.06. The second-order valence-electron chi connectivity index (χ2n) is 2.59. The number of hydrogen-bond donors (Lipinski definition) is 0. The Labute approximate surface area is 72.0 Å². The molecule has 0 N–H and O–H groups in total. The van der Waals surface area contributed by atoms with Crippen LogP contribution >= 0.6 is 0 Å². The maximum Gasteiger partial charge on any atom is -0.0260 e. The van der Waals surface area contributed by atoms with Crippen molar-refractivity contribution in [3.63, 3.8) is 0 Å². The fourth-order valence-electron chi connectivity index (χ4n) is 0.440. The van der Waals surface area contributed by atoms with E-state index in [1.54, 1.807) is 0 Å². The van der Waals surface area contributed by atoms with E-state index in [1.807, 2.05) is 26.8 Å². The van der Waals surface area contributed by atoms with E-state index in [0.29, 0.717) is 5.92 Å². The molecule has 0 nitrogen and oxygen atoms in total. The molecule has 0 fully saturated rings. The van der Waals surface area contributed by atoms with Crippen molar-refractivity contribution in [2.75, 3.05) is 0 Å². The summed E-state index contributed by atoms with van der Waals surface area (Å²) in [6.07, 6.45) is 6.28. The Morgan fingerprint density at radius 1 is 1.18 bits per heavy atom. The molecule has 0 bridgehead atoms. The smallest absolute Gasteiger partial charge is 0.0260 e. The maximum absolute atomic E-state index is 2.20. The van der Waals surface area contributed by atoms with Crippen LogP contribution < -0.4 is 0 Å². The Bertz CT molecular complexity index is 116. The lowest BCUT2D eigenvalue weighted by atomic mass is 10.1. The zero-order valence-corrected chi connectivity index (χ0v) is 8.81. The normalized spacial score (nSPS) is 11.7. The van der Waals surface area contributed by atoms with Crippen LogP contribution in [0, 0.1) is 5.92 Å². The van der Waals surface area contributed by atoms with E-state index in [0.717, 1.165) is 0 Å². The first kappa shape index (κ1) is 13.1. The van der Waals surface area contributed by atoms with Gasteiger partial charge < -0.3 is 0 Å². The first-order chi connectivity index (χ1) is 5.18. The highest BCUT2D eigenvalue weighted by atomic mass is 14.0. The van der Waals surface area contributed by atoms with Gasteiger partial charge in [0.2, 0.25) is 0 Å². The first-order valence-corrected chi connectivity index (χ1v) is 4.48. The van der Waals surface area contributed by atoms with Gasteiger partial charge in [0.05, 0.1) is 0 Å². The Morgan fingerprint density at radius 3 is 1.91 bits per heavy atom. The summed E-state index contributed by atoms with van der Waals surface area (Å²) in [6.45, 7) is 12.6. The second kappa shape index (κ2) is 9.48. The summed E-state index contributed by atoms with van der Waals surface area (Å²) in [5.74, 6) is 0.682. The topological polar surface area (TPSA) is 0 Å². The maximum atomic E-state index is 2.20. The van der Waals surface area contributed by atoms with E-state index in [-0.39, 0.29) is 0 Å². The van der Waals surface area contributed by atoms with Crippen molar-refractivity contribution >= 4 is 0 Å². The molecule has 0 atom stereocenters. The summed E-state index contributed by atoms with van der Waals surface area (Å²) in [5, 5.41) is 0. The minimum absolute atomic E-state index is 0.682. The van der Waals surface area contributed by atoms with Crippen LogP contribution in [0.25, 0.3) is 0 Å². The van der Waals surface area contributed by atoms with Crippen molar-refractivity contribution in [3.8, 4) is 0 Å². The molecule has 0 spiro atoms. The van der Waals surface area contributed by atoms with Crippen molar-refractivity contribution in [1.29, 1.82) is 0 Å². The third kappa shape index (κ3) is 9.48. The number of hydrogen-bond acceptors (Lipinski definition) is 0. The van der Waals surface area contributed by atoms with Gasteiger partial charge >= 0.3 is 0 Å². The van der Waals surface area contributed by atoms with Gasteiger partial charge in [-0.15, -0.1) is 0 Å². The van der Waals surface area contributed by atoms with Crippen molar-refractivity contribution in [2.45, 2.75) is 41.5 Å². The Morgan fingerprint density at radius 2 is 1.64 bits per heavy atom. The molecule has 0 saturated heterocycles. The molecule has 0 aliphatic rings. The van der Waals surface area contributed by atoms with Gasteiger partial charge in [0.25, 0.3) is 0 Å². The van der Waals surface area contributed by atoms with Gasteiger partial charge in [0.15, 0.2) is 0 Å². The number of allylic oxidation sites excluding steroid dienone is 4. The van der Waals surface area contributed by atoms with Crippen molar-refractivity contribution in [3.05, 3.63) is 23.8 Å². The highest BCUT2D eigenvalue weighted by molar-refractivity contribution is 5.11. The third-order valence-electron chi connectivity index (χ3n) is 1.46. The standard InChI is InChI=1S/C9H16.C2H6/c1-5-6-7-9(4)8(2)3;1-2/h5-8H,1-4H3;1-2H3/b6-5-,9-7+;. The average molecular weight is 154 g/mol. The van der Waals surface area contributed by atoms with Crippen LogP contribution in [0.1, 0.15) is 41.5 Å². The van der Waals surface area contributed by atoms with Gasteiger partial charge in [0.1, 0.15) is 0 Å². The molecule has 0 heterocycles. The molecule has 0 radical (unpaired) electrons. The van der Waals surface area contributed by atoms with Crippen LogP contribution in [-0.4, -0.2) is 0 Å². The van der Waals surface area contributed by atoms with E-state index >= 15 is 0 Å². The second-order valence-corrected chi connectivity index (χ2v) is 2.59. The lowest BCUT2D eigenvalue weighted by Crippen LogP contribution is -1.86. The van der Waals surface area contributed by atoms with E-state index in [1.165, 1.54) is 5.57 Å². The lowest BCUT2D eigenvalue weighted by molar-refractivity contribution is 0.769. The molecule has 0 aromatic heterocycles. The summed E-state index contributed by atoms with van der Waals surface area (Å²) in [5.41, 5.74) is 1.44. The molecule has 0 aliphatic heterocycles. The molecule has 11 heavy (non-hydrogen) atoms. The van der Waals surface area contributed by atoms with Gasteiger partial charge in [0, 0.05) is 0 Å². The summed E-state index contributed by atoms with van der Waals surface area (Å²) >= 11 is 0. The van der Waals surface area contributed by atoms with Gasteiger partial charge in [-0.3, -0.25) is 0 Å². The Kier molecular flexibility index (Phi) is 11.3. The zero-order chi connectivity index (χ0) is 9.28. The van der Waals surface area contributed by atoms with E-state index in [9.17, 15) is 0 Å². The molecule has 0 rings (SSSR count). The van der Waals surface area contributed by atoms with Crippen LogP contribution in [0.3, 0.4) is 0 Å². The zero-order valence-electron chi connectivity index (χ0n) is 8.81. The molecule has 0 saturated carbocycles. The van der Waals surface area contributed by atoms with Crippen molar-refractivity contribution < 1.29 is 0 Å². The SMILES string of the molecule is C/C=C\C=C(/C)C(C)C.CC. The van der Waals surface area contributed by atoms with E-state index < -0.39 is 0 Å². The fraction of sp³-hybridized carbons (Fsp3) is 0.636. The molecule has 0 aliphatic carbocycles. The van der Waals surface area contributed by atoms with Crippen molar-refractivity contribution in [2.24, 2.45) is 5.92 Å². The Balaban J connectivity index is 0. The lowest BCUT2D eigenvalue weighted by Gasteiger charge is -2.01. The van der Waals surface area contributed by atoms with Gasteiger partial charge in [-0.25, -0.2) is 0 Å². The van der Waals surface area contributed by atoms with Crippen LogP contribution in [0.15, 0.2) is 23.8 Å². The van der Waals surface area contributed by atoms with Crippen LogP contribution in [0.5, 0.6) is 0 Å². The average Bonchev–Trinajstić information content (AvgIpc) is 2.03. The van der Waals surface area contributed by atoms with E-state index in [4.69, 9.17) is 0 Å². The molecule has 0 unspecified atom stereocenters. The third-order valence-corrected chi connectivity index (χ3v) is 1.46. The largest absolute Gasteiger partial charge is 0.0877 e. The first-order valence-electron chi connectivity index (χ1n) is 4.48. The van der Waals surface area contributed by atoms with Gasteiger partial charge in [-0.2, -0.15) is 0 Å². The summed E-state index contributed by atoms with van der Waals surface area (Å²) in [7, 11) is 0. The predicted molar refractivity (Wildman–Crippen MR) is 54.8 cm³/mol. The molecule has 0 amide bonds. The molecule has 66 valence electrons. The van der Waals surface area contributed by atoms with Crippen LogP contribution in [-0.2, 0) is 0 Å². The highest BCUT2D eigenvalue weighted by Gasteiger charge is 1.91. The van der Waals surface area contributed by atoms with E-state index in [2.05, 4.69) is 32.9 Å². The fourth-order valence-corrected chi connectivity index (χ4v) is 0.440. The molecule has 0 aromatic carbocycles.